The monoisotopic (exact) mass is 481 g/mol. The number of benzene rings is 1. The fourth-order valence-corrected chi connectivity index (χ4v) is 6.47. The Morgan fingerprint density at radius 1 is 1.32 bits per heavy atom. The number of sulfone groups is 1. The van der Waals surface area contributed by atoms with Gasteiger partial charge in [0.25, 0.3) is 5.91 Å². The number of nitrogens with zero attached hydrogens (tertiary/aromatic N) is 3. The predicted molar refractivity (Wildman–Crippen MR) is 119 cm³/mol. The Morgan fingerprint density at radius 2 is 2.03 bits per heavy atom. The maximum absolute atomic E-state index is 12.5. The molecule has 1 amide bonds. The standard InChI is InChI=1S/C20H20ClN3O5S2/c1-12-16-9-17(30-19(16)24(22-12)14-5-3-13(21)4-6-14)20(26)29-10-18(25)23(2)15-7-8-31(27,28)11-15/h3-6,9,15H,7-8,10-11H2,1-2H3/t15-/m1/s1. The zero-order valence-corrected chi connectivity index (χ0v) is 19.3. The number of esters is 1. The van der Waals surface area contributed by atoms with Crippen molar-refractivity contribution in [3.63, 3.8) is 0 Å². The molecule has 0 saturated carbocycles. The molecule has 31 heavy (non-hydrogen) atoms. The number of likely N-dealkylation sites (N-methyl/N-ethyl adjacent to an activating group) is 1. The number of rotatable bonds is 5. The topological polar surface area (TPSA) is 98.6 Å². The number of carbonyl (C=O) groups excluding carboxylic acids is 2. The SMILES string of the molecule is Cc1nn(-c2ccc(Cl)cc2)c2sc(C(=O)OCC(=O)N(C)[C@@H]3CCS(=O)(=O)C3)cc12. The molecule has 0 aliphatic carbocycles. The number of halogens is 1. The molecule has 1 aromatic carbocycles. The van der Waals surface area contributed by atoms with Crippen molar-refractivity contribution in [2.45, 2.75) is 19.4 Å². The average molecular weight is 482 g/mol. The number of amides is 1. The highest BCUT2D eigenvalue weighted by molar-refractivity contribution is 7.91. The first-order valence-corrected chi connectivity index (χ1v) is 12.5. The first-order valence-electron chi connectivity index (χ1n) is 9.53. The average Bonchev–Trinajstić information content (AvgIpc) is 3.40. The van der Waals surface area contributed by atoms with Gasteiger partial charge in [-0.1, -0.05) is 11.6 Å². The minimum absolute atomic E-state index is 0.0556. The molecule has 3 heterocycles. The van der Waals surface area contributed by atoms with Gasteiger partial charge in [0, 0.05) is 23.5 Å². The molecule has 0 spiro atoms. The van der Waals surface area contributed by atoms with Crippen molar-refractivity contribution in [2.75, 3.05) is 25.2 Å². The largest absolute Gasteiger partial charge is 0.451 e. The van der Waals surface area contributed by atoms with Crippen molar-refractivity contribution in [3.8, 4) is 5.69 Å². The Labute approximate surface area is 188 Å². The Morgan fingerprint density at radius 3 is 2.68 bits per heavy atom. The molecule has 1 fully saturated rings. The van der Waals surface area contributed by atoms with E-state index in [-0.39, 0.29) is 17.5 Å². The van der Waals surface area contributed by atoms with E-state index in [4.69, 9.17) is 16.3 Å². The molecule has 3 aromatic rings. The number of ether oxygens (including phenoxy) is 1. The molecule has 0 unspecified atom stereocenters. The molecule has 1 aliphatic rings. The van der Waals surface area contributed by atoms with Crippen LogP contribution in [0.1, 0.15) is 21.8 Å². The van der Waals surface area contributed by atoms with Crippen molar-refractivity contribution in [2.24, 2.45) is 0 Å². The third kappa shape index (κ3) is 4.46. The molecule has 0 bridgehead atoms. The van der Waals surface area contributed by atoms with E-state index in [1.54, 1.807) is 22.9 Å². The smallest absolute Gasteiger partial charge is 0.348 e. The molecule has 1 aliphatic heterocycles. The lowest BCUT2D eigenvalue weighted by molar-refractivity contribution is -0.134. The van der Waals surface area contributed by atoms with Crippen LogP contribution in [0.15, 0.2) is 30.3 Å². The van der Waals surface area contributed by atoms with Crippen LogP contribution in [0.3, 0.4) is 0 Å². The highest BCUT2D eigenvalue weighted by Crippen LogP contribution is 2.31. The quantitative estimate of drug-likeness (QED) is 0.520. The van der Waals surface area contributed by atoms with Crippen molar-refractivity contribution in [1.29, 1.82) is 0 Å². The maximum atomic E-state index is 12.5. The Hall–Kier alpha value is -2.43. The lowest BCUT2D eigenvalue weighted by Gasteiger charge is -2.23. The van der Waals surface area contributed by atoms with Crippen molar-refractivity contribution >= 4 is 54.9 Å². The van der Waals surface area contributed by atoms with Gasteiger partial charge < -0.3 is 9.64 Å². The molecule has 164 valence electrons. The van der Waals surface area contributed by atoms with E-state index in [9.17, 15) is 18.0 Å². The Balaban J connectivity index is 1.46. The normalized spacial score (nSPS) is 17.7. The number of aromatic nitrogens is 2. The van der Waals surface area contributed by atoms with E-state index in [2.05, 4.69) is 5.10 Å². The van der Waals surface area contributed by atoms with Crippen LogP contribution in [0.5, 0.6) is 0 Å². The number of carbonyl (C=O) groups is 2. The summed E-state index contributed by atoms with van der Waals surface area (Å²) in [6.45, 7) is 1.41. The summed E-state index contributed by atoms with van der Waals surface area (Å²) in [6.07, 6.45) is 0.398. The molecular weight excluding hydrogens is 462 g/mol. The minimum atomic E-state index is -3.11. The fraction of sp³-hybridized carbons (Fsp3) is 0.350. The summed E-state index contributed by atoms with van der Waals surface area (Å²) < 4.78 is 30.2. The second-order valence-corrected chi connectivity index (χ2v) is 11.1. The first-order chi connectivity index (χ1) is 14.6. The van der Waals surface area contributed by atoms with Crippen LogP contribution in [-0.2, 0) is 19.4 Å². The van der Waals surface area contributed by atoms with Crippen molar-refractivity contribution in [1.82, 2.24) is 14.7 Å². The molecule has 4 rings (SSSR count). The van der Waals surface area contributed by atoms with E-state index in [0.717, 1.165) is 21.6 Å². The van der Waals surface area contributed by atoms with E-state index in [1.165, 1.54) is 23.3 Å². The Bertz CT molecular complexity index is 1260. The van der Waals surface area contributed by atoms with Crippen LogP contribution in [0.25, 0.3) is 15.9 Å². The van der Waals surface area contributed by atoms with Gasteiger partial charge in [-0.25, -0.2) is 17.9 Å². The highest BCUT2D eigenvalue weighted by Gasteiger charge is 2.33. The summed E-state index contributed by atoms with van der Waals surface area (Å²) in [4.78, 5) is 27.4. The minimum Gasteiger partial charge on any atom is -0.451 e. The van der Waals surface area contributed by atoms with E-state index in [0.29, 0.717) is 16.3 Å². The van der Waals surface area contributed by atoms with Gasteiger partial charge in [0.05, 0.1) is 22.9 Å². The number of fused-ring (bicyclic) bond motifs is 1. The lowest BCUT2D eigenvalue weighted by atomic mass is 10.2. The zero-order chi connectivity index (χ0) is 22.3. The summed E-state index contributed by atoms with van der Waals surface area (Å²) in [7, 11) is -1.57. The van der Waals surface area contributed by atoms with Gasteiger partial charge in [-0.05, 0) is 43.7 Å². The van der Waals surface area contributed by atoms with E-state index in [1.807, 2.05) is 19.1 Å². The zero-order valence-electron chi connectivity index (χ0n) is 16.9. The van der Waals surface area contributed by atoms with Gasteiger partial charge in [-0.3, -0.25) is 4.79 Å². The summed E-state index contributed by atoms with van der Waals surface area (Å²) in [6, 6.07) is 8.52. The van der Waals surface area contributed by atoms with Gasteiger partial charge in [0.1, 0.15) is 9.71 Å². The molecule has 2 aromatic heterocycles. The van der Waals surface area contributed by atoms with Crippen LogP contribution in [-0.4, -0.2) is 66.2 Å². The second-order valence-electron chi connectivity index (χ2n) is 7.44. The molecule has 0 N–H and O–H groups in total. The second kappa shape index (κ2) is 8.25. The molecule has 1 saturated heterocycles. The number of thiophene rings is 1. The third-order valence-corrected chi connectivity index (χ3v) is 8.39. The first kappa shape index (κ1) is 21.8. The van der Waals surface area contributed by atoms with Crippen LogP contribution in [0, 0.1) is 6.92 Å². The van der Waals surface area contributed by atoms with Crippen molar-refractivity contribution < 1.29 is 22.7 Å². The van der Waals surface area contributed by atoms with Crippen LogP contribution >= 0.6 is 22.9 Å². The third-order valence-electron chi connectivity index (χ3n) is 5.29. The molecule has 8 nitrogen and oxygen atoms in total. The maximum Gasteiger partial charge on any atom is 0.348 e. The summed E-state index contributed by atoms with van der Waals surface area (Å²) in [5.74, 6) is -1.02. The number of hydrogen-bond acceptors (Lipinski definition) is 7. The van der Waals surface area contributed by atoms with Crippen molar-refractivity contribution in [3.05, 3.63) is 45.9 Å². The lowest BCUT2D eigenvalue weighted by Crippen LogP contribution is -2.40. The highest BCUT2D eigenvalue weighted by atomic mass is 35.5. The molecule has 0 radical (unpaired) electrons. The summed E-state index contributed by atoms with van der Waals surface area (Å²) >= 11 is 7.18. The van der Waals surface area contributed by atoms with Crippen LogP contribution in [0.2, 0.25) is 5.02 Å². The van der Waals surface area contributed by atoms with Gasteiger partial charge in [0.2, 0.25) is 0 Å². The van der Waals surface area contributed by atoms with E-state index >= 15 is 0 Å². The molecular formula is C20H20ClN3O5S2. The molecule has 1 atom stereocenters. The van der Waals surface area contributed by atoms with Crippen LogP contribution in [0.4, 0.5) is 0 Å². The van der Waals surface area contributed by atoms with Gasteiger partial charge in [-0.2, -0.15) is 5.10 Å². The van der Waals surface area contributed by atoms with Gasteiger partial charge in [-0.15, -0.1) is 11.3 Å². The molecule has 11 heteroatoms. The fourth-order valence-electron chi connectivity index (χ4n) is 3.49. The summed E-state index contributed by atoms with van der Waals surface area (Å²) in [5.41, 5.74) is 1.58. The van der Waals surface area contributed by atoms with E-state index < -0.39 is 28.3 Å². The Kier molecular flexibility index (Phi) is 5.80. The number of aryl methyl sites for hydroxylation is 1. The van der Waals surface area contributed by atoms with Gasteiger partial charge >= 0.3 is 5.97 Å². The predicted octanol–water partition coefficient (Wildman–Crippen LogP) is 2.85. The van der Waals surface area contributed by atoms with Crippen LogP contribution < -0.4 is 0 Å². The van der Waals surface area contributed by atoms with Gasteiger partial charge in [0.15, 0.2) is 16.4 Å². The summed E-state index contributed by atoms with van der Waals surface area (Å²) in [5, 5.41) is 5.97. The number of hydrogen-bond donors (Lipinski definition) is 0.